The molecule has 0 saturated heterocycles. The minimum Gasteiger partial charge on any atom is -0.332 e. The molecule has 0 radical (unpaired) electrons. The smallest absolute Gasteiger partial charge is 0.254 e. The Morgan fingerprint density at radius 3 is 2.69 bits per heavy atom. The van der Waals surface area contributed by atoms with Crippen molar-refractivity contribution in [2.24, 2.45) is 0 Å². The quantitative estimate of drug-likeness (QED) is 0.741. The van der Waals surface area contributed by atoms with Gasteiger partial charge in [-0.3, -0.25) is 9.59 Å². The summed E-state index contributed by atoms with van der Waals surface area (Å²) in [6.07, 6.45) is 0. The van der Waals surface area contributed by atoms with Gasteiger partial charge in [-0.25, -0.2) is 0 Å². The van der Waals surface area contributed by atoms with Crippen molar-refractivity contribution < 1.29 is 9.59 Å². The molecule has 0 fully saturated rings. The molecule has 0 aromatic heterocycles. The van der Waals surface area contributed by atoms with Crippen molar-refractivity contribution in [3.8, 4) is 0 Å². The zero-order chi connectivity index (χ0) is 11.9. The molecule has 4 heteroatoms. The molecule has 0 saturated carbocycles. The van der Waals surface area contributed by atoms with Crippen LogP contribution in [0.5, 0.6) is 0 Å². The molecule has 1 amide bonds. The number of benzene rings is 1. The lowest BCUT2D eigenvalue weighted by Crippen LogP contribution is -2.30. The summed E-state index contributed by atoms with van der Waals surface area (Å²) in [4.78, 5) is 24.8. The molecule has 0 aliphatic carbocycles. The van der Waals surface area contributed by atoms with E-state index in [0.717, 1.165) is 5.56 Å². The number of hydrogen-bond acceptors (Lipinski definition) is 2. The van der Waals surface area contributed by atoms with E-state index < -0.39 is 5.24 Å². The summed E-state index contributed by atoms with van der Waals surface area (Å²) < 4.78 is 0. The summed E-state index contributed by atoms with van der Waals surface area (Å²) in [5, 5.41) is -0.529. The summed E-state index contributed by atoms with van der Waals surface area (Å²) in [7, 11) is 0. The maximum absolute atomic E-state index is 12.0. The molecule has 3 nitrogen and oxygen atoms in total. The first-order chi connectivity index (χ1) is 7.50. The van der Waals surface area contributed by atoms with Crippen LogP contribution in [0.1, 0.15) is 40.1 Å². The molecule has 1 aromatic rings. The molecule has 1 aromatic carbocycles. The van der Waals surface area contributed by atoms with Gasteiger partial charge in [-0.2, -0.15) is 0 Å². The van der Waals surface area contributed by atoms with Crippen LogP contribution in [0, 0.1) is 0 Å². The minimum absolute atomic E-state index is 0.0234. The van der Waals surface area contributed by atoms with Gasteiger partial charge in [0.05, 0.1) is 0 Å². The fourth-order valence-electron chi connectivity index (χ4n) is 1.86. The van der Waals surface area contributed by atoms with Crippen LogP contribution < -0.4 is 0 Å². The van der Waals surface area contributed by atoms with Crippen molar-refractivity contribution in [1.82, 2.24) is 4.90 Å². The first-order valence-electron chi connectivity index (χ1n) is 5.14. The predicted octanol–water partition coefficient (Wildman–Crippen LogP) is 2.43. The van der Waals surface area contributed by atoms with Crippen molar-refractivity contribution in [1.29, 1.82) is 0 Å². The number of rotatable bonds is 2. The molecule has 0 atom stereocenters. The third-order valence-corrected chi connectivity index (χ3v) is 3.01. The molecule has 2 rings (SSSR count). The Bertz CT molecular complexity index is 468. The Morgan fingerprint density at radius 2 is 2.12 bits per heavy atom. The van der Waals surface area contributed by atoms with Crippen LogP contribution in [-0.4, -0.2) is 22.1 Å². The van der Waals surface area contributed by atoms with E-state index in [2.05, 4.69) is 0 Å². The maximum atomic E-state index is 12.0. The van der Waals surface area contributed by atoms with E-state index in [4.69, 9.17) is 11.6 Å². The van der Waals surface area contributed by atoms with Crippen LogP contribution in [0.15, 0.2) is 18.2 Å². The second-order valence-corrected chi connectivity index (χ2v) is 4.52. The van der Waals surface area contributed by atoms with Crippen LogP contribution >= 0.6 is 11.6 Å². The molecule has 0 N–H and O–H groups in total. The summed E-state index contributed by atoms with van der Waals surface area (Å²) in [5.41, 5.74) is 1.93. The van der Waals surface area contributed by atoms with E-state index in [0.29, 0.717) is 17.7 Å². The van der Waals surface area contributed by atoms with Crippen LogP contribution in [0.3, 0.4) is 0 Å². The normalized spacial score (nSPS) is 14.5. The molecule has 0 bridgehead atoms. The third kappa shape index (κ3) is 1.71. The number of fused-ring (bicyclic) bond motifs is 1. The van der Waals surface area contributed by atoms with Gasteiger partial charge in [0.2, 0.25) is 0 Å². The third-order valence-electron chi connectivity index (χ3n) is 2.79. The Balaban J connectivity index is 2.42. The lowest BCUT2D eigenvalue weighted by molar-refractivity contribution is 0.0730. The van der Waals surface area contributed by atoms with Crippen molar-refractivity contribution >= 4 is 22.8 Å². The second kappa shape index (κ2) is 3.91. The zero-order valence-electron chi connectivity index (χ0n) is 9.16. The van der Waals surface area contributed by atoms with E-state index in [1.807, 2.05) is 13.8 Å². The molecular weight excluding hydrogens is 226 g/mol. The van der Waals surface area contributed by atoms with E-state index in [1.54, 1.807) is 23.1 Å². The van der Waals surface area contributed by atoms with Gasteiger partial charge in [-0.1, -0.05) is 6.07 Å². The lowest BCUT2D eigenvalue weighted by atomic mass is 10.1. The molecule has 1 heterocycles. The average molecular weight is 238 g/mol. The topological polar surface area (TPSA) is 37.4 Å². The Kier molecular flexibility index (Phi) is 2.72. The van der Waals surface area contributed by atoms with Crippen molar-refractivity contribution in [3.63, 3.8) is 0 Å². The van der Waals surface area contributed by atoms with Crippen LogP contribution in [0.25, 0.3) is 0 Å². The molecule has 84 valence electrons. The Hall–Kier alpha value is -1.35. The minimum atomic E-state index is -0.529. The van der Waals surface area contributed by atoms with Crippen LogP contribution in [0.2, 0.25) is 0 Å². The van der Waals surface area contributed by atoms with Gasteiger partial charge in [-0.05, 0) is 43.1 Å². The van der Waals surface area contributed by atoms with E-state index in [1.165, 1.54) is 0 Å². The van der Waals surface area contributed by atoms with E-state index in [9.17, 15) is 9.59 Å². The molecule has 1 aliphatic heterocycles. The Labute approximate surface area is 99.0 Å². The number of halogens is 1. The summed E-state index contributed by atoms with van der Waals surface area (Å²) in [6.45, 7) is 4.55. The Morgan fingerprint density at radius 1 is 1.44 bits per heavy atom. The molecule has 1 aliphatic rings. The highest BCUT2D eigenvalue weighted by molar-refractivity contribution is 6.67. The zero-order valence-corrected chi connectivity index (χ0v) is 9.91. The van der Waals surface area contributed by atoms with Gasteiger partial charge in [0.25, 0.3) is 11.1 Å². The van der Waals surface area contributed by atoms with Gasteiger partial charge in [0, 0.05) is 23.7 Å². The molecular formula is C12H12ClNO2. The van der Waals surface area contributed by atoms with Crippen molar-refractivity contribution in [3.05, 3.63) is 34.9 Å². The number of carbonyl (C=O) groups excluding carboxylic acids is 2. The van der Waals surface area contributed by atoms with Crippen molar-refractivity contribution in [2.75, 3.05) is 0 Å². The van der Waals surface area contributed by atoms with Crippen LogP contribution in [0.4, 0.5) is 0 Å². The van der Waals surface area contributed by atoms with Gasteiger partial charge >= 0.3 is 0 Å². The van der Waals surface area contributed by atoms with Gasteiger partial charge in [0.1, 0.15) is 0 Å². The second-order valence-electron chi connectivity index (χ2n) is 4.17. The monoisotopic (exact) mass is 237 g/mol. The summed E-state index contributed by atoms with van der Waals surface area (Å²) in [5.74, 6) is -0.0234. The van der Waals surface area contributed by atoms with Gasteiger partial charge < -0.3 is 4.90 Å². The molecule has 16 heavy (non-hydrogen) atoms. The summed E-state index contributed by atoms with van der Waals surface area (Å²) >= 11 is 5.39. The number of hydrogen-bond donors (Lipinski definition) is 0. The molecule has 0 unspecified atom stereocenters. The predicted molar refractivity (Wildman–Crippen MR) is 61.6 cm³/mol. The number of amides is 1. The fourth-order valence-corrected chi connectivity index (χ4v) is 1.98. The van der Waals surface area contributed by atoms with E-state index >= 15 is 0 Å². The maximum Gasteiger partial charge on any atom is 0.254 e. The highest BCUT2D eigenvalue weighted by Crippen LogP contribution is 2.25. The summed E-state index contributed by atoms with van der Waals surface area (Å²) in [6, 6.07) is 5.20. The highest BCUT2D eigenvalue weighted by atomic mass is 35.5. The average Bonchev–Trinajstić information content (AvgIpc) is 2.56. The van der Waals surface area contributed by atoms with Gasteiger partial charge in [0.15, 0.2) is 0 Å². The SMILES string of the molecule is CC(C)N1Cc2ccc(C(=O)Cl)cc2C1=O. The first-order valence-corrected chi connectivity index (χ1v) is 5.52. The van der Waals surface area contributed by atoms with E-state index in [-0.39, 0.29) is 11.9 Å². The fraction of sp³-hybridized carbons (Fsp3) is 0.333. The molecule has 0 spiro atoms. The largest absolute Gasteiger partial charge is 0.332 e. The van der Waals surface area contributed by atoms with Gasteiger partial charge in [-0.15, -0.1) is 0 Å². The van der Waals surface area contributed by atoms with Crippen LogP contribution in [-0.2, 0) is 6.54 Å². The highest BCUT2D eigenvalue weighted by Gasteiger charge is 2.29. The first kappa shape index (κ1) is 11.1. The lowest BCUT2D eigenvalue weighted by Gasteiger charge is -2.19. The van der Waals surface area contributed by atoms with Crippen molar-refractivity contribution in [2.45, 2.75) is 26.4 Å². The standard InChI is InChI=1S/C12H12ClNO2/c1-7(2)14-6-9-4-3-8(11(13)15)5-10(9)12(14)16/h3-5,7H,6H2,1-2H3. The number of carbonyl (C=O) groups is 2. The number of nitrogens with zero attached hydrogens (tertiary/aromatic N) is 1.